The molecule has 2 aliphatic rings. The quantitative estimate of drug-likeness (QED) is 0.730. The summed E-state index contributed by atoms with van der Waals surface area (Å²) in [7, 11) is 0. The average molecular weight is 406 g/mol. The molecule has 3 N–H and O–H groups in total. The van der Waals surface area contributed by atoms with Crippen LogP contribution < -0.4 is 16.0 Å². The fourth-order valence-electron chi connectivity index (χ4n) is 3.70. The fourth-order valence-corrected chi connectivity index (χ4v) is 4.48. The first-order valence-corrected chi connectivity index (χ1v) is 10.1. The highest BCUT2D eigenvalue weighted by Gasteiger charge is 2.21. The van der Waals surface area contributed by atoms with Crippen molar-refractivity contribution < 1.29 is 9.59 Å². The van der Waals surface area contributed by atoms with Crippen LogP contribution in [0, 0.1) is 0 Å². The van der Waals surface area contributed by atoms with Gasteiger partial charge in [-0.3, -0.25) is 9.59 Å². The zero-order valence-corrected chi connectivity index (χ0v) is 16.7. The maximum Gasteiger partial charge on any atom is 0.256 e. The summed E-state index contributed by atoms with van der Waals surface area (Å²) >= 11 is 1.38. The summed E-state index contributed by atoms with van der Waals surface area (Å²) in [6.45, 7) is 1.85. The second-order valence-corrected chi connectivity index (χ2v) is 7.87. The zero-order valence-electron chi connectivity index (χ0n) is 15.0. The Kier molecular flexibility index (Phi) is 6.52. The molecule has 1 aliphatic heterocycles. The Morgan fingerprint density at radius 2 is 1.81 bits per heavy atom. The average Bonchev–Trinajstić information content (AvgIpc) is 3.30. The molecule has 2 aromatic rings. The van der Waals surface area contributed by atoms with E-state index in [2.05, 4.69) is 22.0 Å². The number of carbonyl (C=O) groups is 2. The van der Waals surface area contributed by atoms with Crippen molar-refractivity contribution in [3.05, 3.63) is 51.9 Å². The Balaban J connectivity index is 0.00000210. The number of hydrogen-bond donors (Lipinski definition) is 3. The molecule has 1 aromatic heterocycles. The van der Waals surface area contributed by atoms with Gasteiger partial charge in [0, 0.05) is 11.6 Å². The van der Waals surface area contributed by atoms with Crippen LogP contribution in [0.3, 0.4) is 0 Å². The minimum absolute atomic E-state index is 0. The Morgan fingerprint density at radius 3 is 2.63 bits per heavy atom. The van der Waals surface area contributed by atoms with Gasteiger partial charge in [0.2, 0.25) is 0 Å². The van der Waals surface area contributed by atoms with Crippen molar-refractivity contribution in [1.29, 1.82) is 0 Å². The molecule has 1 aromatic carbocycles. The van der Waals surface area contributed by atoms with Crippen LogP contribution in [0.2, 0.25) is 0 Å². The van der Waals surface area contributed by atoms with Gasteiger partial charge in [0.15, 0.2) is 0 Å². The molecule has 0 spiro atoms. The number of fused-ring (bicyclic) bond motifs is 1. The van der Waals surface area contributed by atoms with E-state index in [1.165, 1.54) is 22.5 Å². The largest absolute Gasteiger partial charge is 0.349 e. The van der Waals surface area contributed by atoms with Crippen molar-refractivity contribution in [2.45, 2.75) is 38.1 Å². The van der Waals surface area contributed by atoms with Gasteiger partial charge in [-0.05, 0) is 79.9 Å². The molecule has 27 heavy (non-hydrogen) atoms. The highest BCUT2D eigenvalue weighted by molar-refractivity contribution is 7.14. The second-order valence-electron chi connectivity index (χ2n) is 6.95. The van der Waals surface area contributed by atoms with Gasteiger partial charge in [0.25, 0.3) is 11.8 Å². The summed E-state index contributed by atoms with van der Waals surface area (Å²) in [6, 6.07) is 7.89. The van der Waals surface area contributed by atoms with Gasteiger partial charge in [-0.2, -0.15) is 0 Å². The Hall–Kier alpha value is -1.89. The lowest BCUT2D eigenvalue weighted by atomic mass is 10.1. The van der Waals surface area contributed by atoms with E-state index in [1.807, 2.05) is 17.5 Å². The van der Waals surface area contributed by atoms with Gasteiger partial charge >= 0.3 is 0 Å². The first-order chi connectivity index (χ1) is 12.7. The van der Waals surface area contributed by atoms with Gasteiger partial charge in [-0.15, -0.1) is 23.7 Å². The number of amides is 2. The minimum Gasteiger partial charge on any atom is -0.349 e. The van der Waals surface area contributed by atoms with E-state index < -0.39 is 0 Å². The zero-order chi connectivity index (χ0) is 17.9. The van der Waals surface area contributed by atoms with E-state index in [-0.39, 0.29) is 30.3 Å². The number of carbonyl (C=O) groups excluding carboxylic acids is 2. The summed E-state index contributed by atoms with van der Waals surface area (Å²) in [6.07, 6.45) is 5.17. The molecule has 0 atom stereocenters. The van der Waals surface area contributed by atoms with Crippen molar-refractivity contribution >= 4 is 40.6 Å². The third-order valence-electron chi connectivity index (χ3n) is 5.17. The van der Waals surface area contributed by atoms with Gasteiger partial charge in [0.1, 0.15) is 5.00 Å². The lowest BCUT2D eigenvalue weighted by Crippen LogP contribution is -2.42. The molecule has 0 saturated carbocycles. The molecule has 7 heteroatoms. The fraction of sp³-hybridized carbons (Fsp3) is 0.400. The molecule has 1 saturated heterocycles. The molecule has 1 aliphatic carbocycles. The van der Waals surface area contributed by atoms with Crippen LogP contribution in [0.5, 0.6) is 0 Å². The van der Waals surface area contributed by atoms with Gasteiger partial charge in [0.05, 0.1) is 5.56 Å². The van der Waals surface area contributed by atoms with Crippen LogP contribution in [0.25, 0.3) is 0 Å². The number of piperidine rings is 1. The Morgan fingerprint density at radius 1 is 1.04 bits per heavy atom. The van der Waals surface area contributed by atoms with Gasteiger partial charge in [-0.25, -0.2) is 0 Å². The number of nitrogens with one attached hydrogen (secondary N) is 3. The highest BCUT2D eigenvalue weighted by Crippen LogP contribution is 2.26. The molecule has 4 rings (SSSR count). The lowest BCUT2D eigenvalue weighted by Gasteiger charge is -2.23. The number of benzene rings is 1. The third-order valence-corrected chi connectivity index (χ3v) is 6.00. The third kappa shape index (κ3) is 4.51. The van der Waals surface area contributed by atoms with E-state index in [4.69, 9.17) is 0 Å². The van der Waals surface area contributed by atoms with E-state index in [9.17, 15) is 9.59 Å². The van der Waals surface area contributed by atoms with Crippen molar-refractivity contribution in [2.24, 2.45) is 0 Å². The van der Waals surface area contributed by atoms with Crippen LogP contribution >= 0.6 is 23.7 Å². The Labute approximate surface area is 169 Å². The molecule has 0 bridgehead atoms. The first-order valence-electron chi connectivity index (χ1n) is 9.23. The number of rotatable bonds is 4. The maximum absolute atomic E-state index is 12.6. The molecule has 144 valence electrons. The SMILES string of the molecule is Cl.O=C(Nc1sccc1C(=O)NC1CCNCC1)c1ccc2c(c1)CCC2. The van der Waals surface area contributed by atoms with Crippen molar-refractivity contribution in [1.82, 2.24) is 10.6 Å². The molecule has 0 radical (unpaired) electrons. The normalized spacial score (nSPS) is 16.3. The summed E-state index contributed by atoms with van der Waals surface area (Å²) in [5, 5.41) is 11.8. The van der Waals surface area contributed by atoms with E-state index in [0.717, 1.165) is 45.2 Å². The van der Waals surface area contributed by atoms with Crippen LogP contribution in [0.1, 0.15) is 51.1 Å². The van der Waals surface area contributed by atoms with Crippen molar-refractivity contribution in [2.75, 3.05) is 18.4 Å². The first kappa shape index (κ1) is 19.9. The summed E-state index contributed by atoms with van der Waals surface area (Å²) in [4.78, 5) is 25.2. The highest BCUT2D eigenvalue weighted by atomic mass is 35.5. The molecule has 1 fully saturated rings. The van der Waals surface area contributed by atoms with Crippen molar-refractivity contribution in [3.63, 3.8) is 0 Å². The molecular formula is C20H24ClN3O2S. The van der Waals surface area contributed by atoms with E-state index in [0.29, 0.717) is 16.1 Å². The lowest BCUT2D eigenvalue weighted by molar-refractivity contribution is 0.0931. The van der Waals surface area contributed by atoms with Gasteiger partial charge < -0.3 is 16.0 Å². The molecule has 2 amide bonds. The predicted molar refractivity (Wildman–Crippen MR) is 111 cm³/mol. The van der Waals surface area contributed by atoms with E-state index >= 15 is 0 Å². The second kappa shape index (κ2) is 8.87. The smallest absolute Gasteiger partial charge is 0.256 e. The molecule has 5 nitrogen and oxygen atoms in total. The number of hydrogen-bond acceptors (Lipinski definition) is 4. The van der Waals surface area contributed by atoms with Crippen LogP contribution in [-0.4, -0.2) is 30.9 Å². The maximum atomic E-state index is 12.6. The molecule has 0 unspecified atom stereocenters. The summed E-state index contributed by atoms with van der Waals surface area (Å²) < 4.78 is 0. The standard InChI is InChI=1S/C20H23N3O2S.ClH/c24-18(15-5-4-13-2-1-3-14(13)12-15)23-20-17(8-11-26-20)19(25)22-16-6-9-21-10-7-16;/h4-5,8,11-12,16,21H,1-3,6-7,9-10H2,(H,22,25)(H,23,24);1H. The van der Waals surface area contributed by atoms with E-state index in [1.54, 1.807) is 6.07 Å². The monoisotopic (exact) mass is 405 g/mol. The van der Waals surface area contributed by atoms with Crippen molar-refractivity contribution in [3.8, 4) is 0 Å². The summed E-state index contributed by atoms with van der Waals surface area (Å²) in [5.74, 6) is -0.263. The van der Waals surface area contributed by atoms with Crippen LogP contribution in [0.4, 0.5) is 5.00 Å². The van der Waals surface area contributed by atoms with Gasteiger partial charge in [-0.1, -0.05) is 6.07 Å². The number of aryl methyl sites for hydroxylation is 2. The number of anilines is 1. The van der Waals surface area contributed by atoms with Crippen LogP contribution in [0.15, 0.2) is 29.6 Å². The minimum atomic E-state index is -0.155. The summed E-state index contributed by atoms with van der Waals surface area (Å²) in [5.41, 5.74) is 3.82. The van der Waals surface area contributed by atoms with Crippen LogP contribution in [-0.2, 0) is 12.8 Å². The Bertz CT molecular complexity index is 830. The number of halogens is 1. The topological polar surface area (TPSA) is 70.2 Å². The molecular weight excluding hydrogens is 382 g/mol. The molecule has 2 heterocycles. The predicted octanol–water partition coefficient (Wildman–Crippen LogP) is 3.39. The number of thiophene rings is 1.